The van der Waals surface area contributed by atoms with E-state index in [2.05, 4.69) is 5.32 Å². The number of nitrogens with two attached hydrogens (primary N) is 1. The third-order valence-corrected chi connectivity index (χ3v) is 4.78. The lowest BCUT2D eigenvalue weighted by Gasteiger charge is -2.31. The van der Waals surface area contributed by atoms with Gasteiger partial charge in [-0.25, -0.2) is 0 Å². The van der Waals surface area contributed by atoms with Crippen molar-refractivity contribution in [2.24, 2.45) is 11.7 Å². The van der Waals surface area contributed by atoms with Crippen LogP contribution in [0, 0.1) is 5.92 Å². The highest BCUT2D eigenvalue weighted by molar-refractivity contribution is 6.09. The van der Waals surface area contributed by atoms with Gasteiger partial charge in [0.15, 0.2) is 5.78 Å². The highest BCUT2D eigenvalue weighted by Crippen LogP contribution is 2.19. The summed E-state index contributed by atoms with van der Waals surface area (Å²) in [5.74, 6) is -0.782. The fourth-order valence-electron chi connectivity index (χ4n) is 2.50. The summed E-state index contributed by atoms with van der Waals surface area (Å²) in [4.78, 5) is 36.8. The molecular weight excluding hydrogens is 344 g/mol. The van der Waals surface area contributed by atoms with Crippen LogP contribution in [0.15, 0.2) is 48.5 Å². The number of rotatable bonds is 7. The van der Waals surface area contributed by atoms with E-state index in [0.717, 1.165) is 0 Å². The van der Waals surface area contributed by atoms with Crippen LogP contribution in [-0.4, -0.2) is 30.2 Å². The fraction of sp³-hybridized carbons (Fsp3) is 0.286. The van der Waals surface area contributed by atoms with Gasteiger partial charge < -0.3 is 15.8 Å². The van der Waals surface area contributed by atoms with E-state index in [1.54, 1.807) is 69.3 Å². The number of methoxy groups -OCH3 is 1. The molecule has 0 radical (unpaired) electrons. The third kappa shape index (κ3) is 4.34. The second-order valence-corrected chi connectivity index (χ2v) is 6.81. The Labute approximate surface area is 158 Å². The Morgan fingerprint density at radius 2 is 1.59 bits per heavy atom. The van der Waals surface area contributed by atoms with Crippen LogP contribution >= 0.6 is 0 Å². The minimum absolute atomic E-state index is 0.173. The molecule has 0 aliphatic heterocycles. The van der Waals surface area contributed by atoms with Crippen LogP contribution in [0.1, 0.15) is 47.1 Å². The fourth-order valence-corrected chi connectivity index (χ4v) is 2.50. The highest BCUT2D eigenvalue weighted by Gasteiger charge is 2.36. The van der Waals surface area contributed by atoms with E-state index < -0.39 is 17.4 Å². The van der Waals surface area contributed by atoms with Crippen molar-refractivity contribution in [3.8, 4) is 5.75 Å². The predicted octanol–water partition coefficient (Wildman–Crippen LogP) is 2.56. The lowest BCUT2D eigenvalue weighted by molar-refractivity contribution is -0.125. The molecule has 1 atom stereocenters. The lowest BCUT2D eigenvalue weighted by atomic mass is 9.87. The van der Waals surface area contributed by atoms with Crippen molar-refractivity contribution in [2.75, 3.05) is 7.11 Å². The van der Waals surface area contributed by atoms with Gasteiger partial charge in [0, 0.05) is 16.7 Å². The predicted molar refractivity (Wildman–Crippen MR) is 103 cm³/mol. The van der Waals surface area contributed by atoms with Gasteiger partial charge in [-0.05, 0) is 37.1 Å². The molecule has 0 fully saturated rings. The normalized spacial score (nSPS) is 12.9. The summed E-state index contributed by atoms with van der Waals surface area (Å²) in [6, 6.07) is 13.1. The van der Waals surface area contributed by atoms with E-state index in [9.17, 15) is 14.4 Å². The molecule has 0 bridgehead atoms. The number of hydrogen-bond donors (Lipinski definition) is 2. The summed E-state index contributed by atoms with van der Waals surface area (Å²) in [6.07, 6.45) is 0. The van der Waals surface area contributed by atoms with Crippen molar-refractivity contribution in [2.45, 2.75) is 26.3 Å². The average Bonchev–Trinajstić information content (AvgIpc) is 2.67. The molecule has 1 unspecified atom stereocenters. The molecular formula is C21H24N2O4. The van der Waals surface area contributed by atoms with Crippen LogP contribution in [0.2, 0.25) is 0 Å². The second-order valence-electron chi connectivity index (χ2n) is 6.81. The topological polar surface area (TPSA) is 98.5 Å². The summed E-state index contributed by atoms with van der Waals surface area (Å²) >= 11 is 0. The Hall–Kier alpha value is -3.15. The quantitative estimate of drug-likeness (QED) is 0.734. The first kappa shape index (κ1) is 20.2. The highest BCUT2D eigenvalue weighted by atomic mass is 16.5. The van der Waals surface area contributed by atoms with Crippen LogP contribution in [-0.2, 0) is 4.79 Å². The minimum Gasteiger partial charge on any atom is -0.497 e. The van der Waals surface area contributed by atoms with Crippen LogP contribution in [0.5, 0.6) is 5.75 Å². The van der Waals surface area contributed by atoms with Crippen LogP contribution in [0.4, 0.5) is 0 Å². The summed E-state index contributed by atoms with van der Waals surface area (Å²) in [5.41, 5.74) is 5.56. The number of primary amides is 1. The number of nitrogens with one attached hydrogen (secondary N) is 1. The van der Waals surface area contributed by atoms with Crippen molar-refractivity contribution in [1.82, 2.24) is 5.32 Å². The SMILES string of the molecule is COc1cccc(C(=O)c2ccc(C(=O)NC(C)(C(N)=O)C(C)C)cc2)c1. The third-order valence-electron chi connectivity index (χ3n) is 4.78. The Kier molecular flexibility index (Phi) is 6.00. The molecule has 0 saturated carbocycles. The van der Waals surface area contributed by atoms with Gasteiger partial charge in [0.25, 0.3) is 5.91 Å². The second kappa shape index (κ2) is 8.03. The molecule has 0 spiro atoms. The molecule has 0 aliphatic carbocycles. The molecule has 2 aromatic carbocycles. The van der Waals surface area contributed by atoms with Gasteiger partial charge in [-0.15, -0.1) is 0 Å². The number of hydrogen-bond acceptors (Lipinski definition) is 4. The first-order valence-corrected chi connectivity index (χ1v) is 8.60. The van der Waals surface area contributed by atoms with Gasteiger partial charge in [0.2, 0.25) is 5.91 Å². The molecule has 6 nitrogen and oxygen atoms in total. The van der Waals surface area contributed by atoms with Crippen molar-refractivity contribution >= 4 is 17.6 Å². The Morgan fingerprint density at radius 1 is 1.00 bits per heavy atom. The van der Waals surface area contributed by atoms with Gasteiger partial charge in [-0.3, -0.25) is 14.4 Å². The number of carbonyl (C=O) groups excluding carboxylic acids is 3. The van der Waals surface area contributed by atoms with Crippen molar-refractivity contribution in [3.05, 3.63) is 65.2 Å². The maximum Gasteiger partial charge on any atom is 0.252 e. The molecule has 2 aromatic rings. The van der Waals surface area contributed by atoms with Gasteiger partial charge in [0.1, 0.15) is 11.3 Å². The maximum absolute atomic E-state index is 12.6. The van der Waals surface area contributed by atoms with E-state index in [1.807, 2.05) is 0 Å². The van der Waals surface area contributed by atoms with E-state index in [-0.39, 0.29) is 11.7 Å². The molecule has 0 aromatic heterocycles. The first-order chi connectivity index (χ1) is 12.7. The number of benzene rings is 2. The van der Waals surface area contributed by atoms with Gasteiger partial charge in [0.05, 0.1) is 7.11 Å². The number of amides is 2. The zero-order valence-corrected chi connectivity index (χ0v) is 15.9. The zero-order valence-electron chi connectivity index (χ0n) is 15.9. The van der Waals surface area contributed by atoms with E-state index in [4.69, 9.17) is 10.5 Å². The van der Waals surface area contributed by atoms with Gasteiger partial charge in [-0.2, -0.15) is 0 Å². The molecule has 0 aliphatic rings. The summed E-state index contributed by atoms with van der Waals surface area (Å²) in [7, 11) is 1.54. The van der Waals surface area contributed by atoms with Gasteiger partial charge >= 0.3 is 0 Å². The molecule has 6 heteroatoms. The van der Waals surface area contributed by atoms with Gasteiger partial charge in [-0.1, -0.05) is 38.1 Å². The summed E-state index contributed by atoms with van der Waals surface area (Å²) < 4.78 is 5.13. The maximum atomic E-state index is 12.6. The van der Waals surface area contributed by atoms with E-state index >= 15 is 0 Å². The monoisotopic (exact) mass is 368 g/mol. The summed E-state index contributed by atoms with van der Waals surface area (Å²) in [5, 5.41) is 2.69. The zero-order chi connectivity index (χ0) is 20.2. The number of carbonyl (C=O) groups is 3. The molecule has 2 amide bonds. The Morgan fingerprint density at radius 3 is 2.11 bits per heavy atom. The standard InChI is InChI=1S/C21H24N2O4/c1-13(2)21(3,20(22)26)23-19(25)15-10-8-14(9-11-15)18(24)16-6-5-7-17(12-16)27-4/h5-13H,1-4H3,(H2,22,26)(H,23,25). The van der Waals surface area contributed by atoms with Crippen molar-refractivity contribution in [3.63, 3.8) is 0 Å². The van der Waals surface area contributed by atoms with E-state index in [1.165, 1.54) is 7.11 Å². The van der Waals surface area contributed by atoms with Crippen LogP contribution in [0.25, 0.3) is 0 Å². The van der Waals surface area contributed by atoms with Crippen molar-refractivity contribution in [1.29, 1.82) is 0 Å². The number of ketones is 1. The number of ether oxygens (including phenoxy) is 1. The van der Waals surface area contributed by atoms with Crippen LogP contribution in [0.3, 0.4) is 0 Å². The van der Waals surface area contributed by atoms with E-state index in [0.29, 0.717) is 22.4 Å². The van der Waals surface area contributed by atoms with Crippen molar-refractivity contribution < 1.29 is 19.1 Å². The molecule has 2 rings (SSSR count). The lowest BCUT2D eigenvalue weighted by Crippen LogP contribution is -2.58. The molecule has 0 saturated heterocycles. The first-order valence-electron chi connectivity index (χ1n) is 8.60. The molecule has 142 valence electrons. The Bertz CT molecular complexity index is 859. The Balaban J connectivity index is 2.20. The smallest absolute Gasteiger partial charge is 0.252 e. The molecule has 0 heterocycles. The largest absolute Gasteiger partial charge is 0.497 e. The van der Waals surface area contributed by atoms with Crippen LogP contribution < -0.4 is 15.8 Å². The average molecular weight is 368 g/mol. The molecule has 3 N–H and O–H groups in total. The molecule has 27 heavy (non-hydrogen) atoms. The summed E-state index contributed by atoms with van der Waals surface area (Å²) in [6.45, 7) is 5.21. The minimum atomic E-state index is -1.16.